The highest BCUT2D eigenvalue weighted by atomic mass is 35.5. The van der Waals surface area contributed by atoms with E-state index < -0.39 is 17.3 Å². The van der Waals surface area contributed by atoms with Gasteiger partial charge >= 0.3 is 5.63 Å². The summed E-state index contributed by atoms with van der Waals surface area (Å²) in [6, 6.07) is 11.2. The largest absolute Gasteiger partial charge is 0.417 e. The van der Waals surface area contributed by atoms with Crippen LogP contribution in [0.5, 0.6) is 0 Å². The Morgan fingerprint density at radius 1 is 1.21 bits per heavy atom. The van der Waals surface area contributed by atoms with Gasteiger partial charge in [-0.1, -0.05) is 17.7 Å². The van der Waals surface area contributed by atoms with Gasteiger partial charge in [-0.05, 0) is 41.8 Å². The molecule has 5 nitrogen and oxygen atoms in total. The fraction of sp³-hybridized carbons (Fsp3) is 0. The van der Waals surface area contributed by atoms with Crippen LogP contribution in [0, 0.1) is 17.1 Å². The SMILES string of the molecule is N#Cc1cc(Cl)ccc1NC(=O)c1cc2ccc(F)cc2c(=O)o1. The molecule has 1 heterocycles. The fourth-order valence-corrected chi connectivity index (χ4v) is 2.34. The number of carbonyl (C=O) groups excluding carboxylic acids is 1. The smallest absolute Gasteiger partial charge is 0.344 e. The number of nitrogens with one attached hydrogen (secondary N) is 1. The van der Waals surface area contributed by atoms with E-state index in [1.165, 1.54) is 36.4 Å². The molecule has 1 N–H and O–H groups in total. The summed E-state index contributed by atoms with van der Waals surface area (Å²) in [5, 5.41) is 12.3. The van der Waals surface area contributed by atoms with E-state index in [2.05, 4.69) is 5.32 Å². The topological polar surface area (TPSA) is 83.1 Å². The number of hydrogen-bond acceptors (Lipinski definition) is 4. The number of nitrogens with zero attached hydrogens (tertiary/aromatic N) is 1. The second-order valence-corrected chi connectivity index (χ2v) is 5.32. The van der Waals surface area contributed by atoms with Crippen LogP contribution in [-0.2, 0) is 0 Å². The lowest BCUT2D eigenvalue weighted by Crippen LogP contribution is -2.15. The maximum absolute atomic E-state index is 13.2. The Labute approximate surface area is 139 Å². The van der Waals surface area contributed by atoms with E-state index >= 15 is 0 Å². The number of halogens is 2. The van der Waals surface area contributed by atoms with Gasteiger partial charge in [0.1, 0.15) is 11.9 Å². The summed E-state index contributed by atoms with van der Waals surface area (Å²) < 4.78 is 18.1. The summed E-state index contributed by atoms with van der Waals surface area (Å²) in [4.78, 5) is 24.2. The Morgan fingerprint density at radius 2 is 2.00 bits per heavy atom. The third kappa shape index (κ3) is 2.98. The average Bonchev–Trinajstić information content (AvgIpc) is 2.56. The Bertz CT molecular complexity index is 1070. The van der Waals surface area contributed by atoms with E-state index in [1.54, 1.807) is 0 Å². The van der Waals surface area contributed by atoms with Gasteiger partial charge in [0, 0.05) is 5.02 Å². The number of anilines is 1. The Kier molecular flexibility index (Phi) is 4.02. The van der Waals surface area contributed by atoms with Crippen LogP contribution in [0.4, 0.5) is 10.1 Å². The maximum atomic E-state index is 13.2. The van der Waals surface area contributed by atoms with Gasteiger partial charge in [-0.3, -0.25) is 4.79 Å². The second kappa shape index (κ2) is 6.14. The van der Waals surface area contributed by atoms with Crippen LogP contribution >= 0.6 is 11.6 Å². The van der Waals surface area contributed by atoms with Gasteiger partial charge in [0.05, 0.1) is 16.6 Å². The van der Waals surface area contributed by atoms with Crippen LogP contribution in [0.2, 0.25) is 5.02 Å². The molecule has 0 saturated carbocycles. The van der Waals surface area contributed by atoms with Crippen LogP contribution < -0.4 is 10.9 Å². The van der Waals surface area contributed by atoms with Crippen molar-refractivity contribution >= 4 is 34.0 Å². The van der Waals surface area contributed by atoms with E-state index in [-0.39, 0.29) is 22.4 Å². The zero-order chi connectivity index (χ0) is 17.3. The summed E-state index contributed by atoms with van der Waals surface area (Å²) in [7, 11) is 0. The van der Waals surface area contributed by atoms with Crippen molar-refractivity contribution in [3.8, 4) is 6.07 Å². The molecule has 7 heteroatoms. The number of rotatable bonds is 2. The van der Waals surface area contributed by atoms with E-state index in [0.29, 0.717) is 10.4 Å². The molecule has 118 valence electrons. The molecule has 0 saturated heterocycles. The van der Waals surface area contributed by atoms with Crippen molar-refractivity contribution in [1.82, 2.24) is 0 Å². The molecule has 0 spiro atoms. The van der Waals surface area contributed by atoms with Crippen LogP contribution in [-0.4, -0.2) is 5.91 Å². The Balaban J connectivity index is 1.99. The van der Waals surface area contributed by atoms with Crippen molar-refractivity contribution < 1.29 is 13.6 Å². The van der Waals surface area contributed by atoms with Crippen molar-refractivity contribution in [3.05, 3.63) is 75.0 Å². The normalized spacial score (nSPS) is 10.4. The minimum atomic E-state index is -0.825. The molecule has 0 fully saturated rings. The second-order valence-electron chi connectivity index (χ2n) is 4.89. The van der Waals surface area contributed by atoms with Crippen LogP contribution in [0.15, 0.2) is 51.7 Å². The first-order valence-corrected chi connectivity index (χ1v) is 7.10. The van der Waals surface area contributed by atoms with Crippen molar-refractivity contribution in [2.24, 2.45) is 0 Å². The first-order chi connectivity index (χ1) is 11.5. The summed E-state index contributed by atoms with van der Waals surface area (Å²) in [5.41, 5.74) is -0.427. The van der Waals surface area contributed by atoms with Crippen LogP contribution in [0.3, 0.4) is 0 Å². The van der Waals surface area contributed by atoms with E-state index in [9.17, 15) is 14.0 Å². The Morgan fingerprint density at radius 3 is 2.75 bits per heavy atom. The molecule has 0 unspecified atom stereocenters. The average molecular weight is 343 g/mol. The number of hydrogen-bond donors (Lipinski definition) is 1. The Hall–Kier alpha value is -3.17. The van der Waals surface area contributed by atoms with Crippen LogP contribution in [0.1, 0.15) is 16.1 Å². The standard InChI is InChI=1S/C17H8ClFN2O3/c18-11-2-4-14(10(5-11)8-20)21-16(22)15-6-9-1-3-12(19)7-13(9)17(23)24-15/h1-7H,(H,21,22). The lowest BCUT2D eigenvalue weighted by atomic mass is 10.1. The first-order valence-electron chi connectivity index (χ1n) is 6.72. The lowest BCUT2D eigenvalue weighted by molar-refractivity contribution is 0.0993. The lowest BCUT2D eigenvalue weighted by Gasteiger charge is -2.07. The molecular weight excluding hydrogens is 335 g/mol. The quantitative estimate of drug-likeness (QED) is 0.769. The zero-order valence-corrected chi connectivity index (χ0v) is 12.7. The predicted molar refractivity (Wildman–Crippen MR) is 86.6 cm³/mol. The maximum Gasteiger partial charge on any atom is 0.344 e. The van der Waals surface area contributed by atoms with Crippen molar-refractivity contribution in [3.63, 3.8) is 0 Å². The molecule has 0 atom stereocenters. The van der Waals surface area contributed by atoms with Gasteiger partial charge in [0.25, 0.3) is 5.91 Å². The summed E-state index contributed by atoms with van der Waals surface area (Å²) in [6.07, 6.45) is 0. The highest BCUT2D eigenvalue weighted by Crippen LogP contribution is 2.21. The molecule has 0 aliphatic carbocycles. The molecule has 1 amide bonds. The van der Waals surface area contributed by atoms with Crippen LogP contribution in [0.25, 0.3) is 10.8 Å². The van der Waals surface area contributed by atoms with Gasteiger partial charge in [-0.2, -0.15) is 5.26 Å². The van der Waals surface area contributed by atoms with Gasteiger partial charge in [-0.25, -0.2) is 9.18 Å². The predicted octanol–water partition coefficient (Wildman–Crippen LogP) is 3.71. The summed E-state index contributed by atoms with van der Waals surface area (Å²) >= 11 is 5.79. The van der Waals surface area contributed by atoms with Crippen molar-refractivity contribution in [1.29, 1.82) is 5.26 Å². The number of amides is 1. The van der Waals surface area contributed by atoms with E-state index in [0.717, 1.165) is 6.07 Å². The molecule has 3 rings (SSSR count). The zero-order valence-electron chi connectivity index (χ0n) is 12.0. The van der Waals surface area contributed by atoms with Gasteiger partial charge in [0.2, 0.25) is 0 Å². The van der Waals surface area contributed by atoms with Gasteiger partial charge < -0.3 is 9.73 Å². The third-order valence-corrected chi connectivity index (χ3v) is 3.53. The number of benzene rings is 2. The minimum absolute atomic E-state index is 0.0377. The summed E-state index contributed by atoms with van der Waals surface area (Å²) in [6.45, 7) is 0. The molecular formula is C17H8ClFN2O3. The molecule has 0 bridgehead atoms. The molecule has 24 heavy (non-hydrogen) atoms. The molecule has 0 aliphatic heterocycles. The van der Waals surface area contributed by atoms with Gasteiger partial charge in [-0.15, -0.1) is 0 Å². The van der Waals surface area contributed by atoms with Crippen molar-refractivity contribution in [2.45, 2.75) is 0 Å². The fourth-order valence-electron chi connectivity index (χ4n) is 2.17. The number of nitriles is 1. The van der Waals surface area contributed by atoms with E-state index in [4.69, 9.17) is 21.3 Å². The number of carbonyl (C=O) groups is 1. The highest BCUT2D eigenvalue weighted by molar-refractivity contribution is 6.30. The first kappa shape index (κ1) is 15.7. The third-order valence-electron chi connectivity index (χ3n) is 3.30. The minimum Gasteiger partial charge on any atom is -0.417 e. The number of fused-ring (bicyclic) bond motifs is 1. The molecule has 0 aliphatic rings. The monoisotopic (exact) mass is 342 g/mol. The van der Waals surface area contributed by atoms with Crippen molar-refractivity contribution in [2.75, 3.05) is 5.32 Å². The van der Waals surface area contributed by atoms with Gasteiger partial charge in [0.15, 0.2) is 5.76 Å². The molecule has 0 radical (unpaired) electrons. The highest BCUT2D eigenvalue weighted by Gasteiger charge is 2.15. The molecule has 2 aromatic carbocycles. The van der Waals surface area contributed by atoms with E-state index in [1.807, 2.05) is 6.07 Å². The summed E-state index contributed by atoms with van der Waals surface area (Å²) in [5.74, 6) is -1.54. The molecule has 3 aromatic rings. The molecule has 1 aromatic heterocycles.